The molecule has 0 atom stereocenters. The van der Waals surface area contributed by atoms with E-state index in [-0.39, 0.29) is 0 Å². The number of nitrogens with zero attached hydrogens (tertiary/aromatic N) is 1. The van der Waals surface area contributed by atoms with Crippen molar-refractivity contribution in [2.24, 2.45) is 5.73 Å². The predicted molar refractivity (Wildman–Crippen MR) is 69.7 cm³/mol. The Bertz CT molecular complexity index is 279. The average Bonchev–Trinajstić information content (AvgIpc) is 2.18. The second-order valence-corrected chi connectivity index (χ2v) is 4.96. The first kappa shape index (κ1) is 12.4. The van der Waals surface area contributed by atoms with Crippen LogP contribution in [0.25, 0.3) is 0 Å². The van der Waals surface area contributed by atoms with Crippen LogP contribution in [0.3, 0.4) is 0 Å². The maximum absolute atomic E-state index is 5.45. The van der Waals surface area contributed by atoms with Gasteiger partial charge in [0.2, 0.25) is 0 Å². The third kappa shape index (κ3) is 4.58. The minimum Gasteiger partial charge on any atom is -0.375 e. The van der Waals surface area contributed by atoms with Gasteiger partial charge in [0, 0.05) is 24.7 Å². The maximum atomic E-state index is 5.45. The van der Waals surface area contributed by atoms with Crippen LogP contribution in [0.2, 0.25) is 0 Å². The van der Waals surface area contributed by atoms with Gasteiger partial charge in [0.05, 0.1) is 0 Å². The lowest BCUT2D eigenvalue weighted by atomic mass is 10.2. The highest BCUT2D eigenvalue weighted by Gasteiger charge is 2.06. The second-order valence-electron chi connectivity index (χ2n) is 3.57. The summed E-state index contributed by atoms with van der Waals surface area (Å²) in [5.41, 5.74) is 6.72. The standard InChI is InChI=1S/C12H20N2S/c1-3-15-12-8-11(6-4-5-7-13)9-14(2)10-12/h4,6,8-9H,3,5,7,10,13H2,1-2H3/b6-4+. The Morgan fingerprint density at radius 2 is 2.40 bits per heavy atom. The molecule has 0 aliphatic carbocycles. The lowest BCUT2D eigenvalue weighted by Gasteiger charge is -2.21. The number of nitrogens with two attached hydrogens (primary N) is 1. The van der Waals surface area contributed by atoms with E-state index >= 15 is 0 Å². The summed E-state index contributed by atoms with van der Waals surface area (Å²) in [6.07, 6.45) is 9.67. The van der Waals surface area contributed by atoms with Gasteiger partial charge >= 0.3 is 0 Å². The van der Waals surface area contributed by atoms with E-state index in [2.05, 4.69) is 43.3 Å². The lowest BCUT2D eigenvalue weighted by Crippen LogP contribution is -2.17. The molecule has 0 saturated heterocycles. The molecule has 0 radical (unpaired) electrons. The summed E-state index contributed by atoms with van der Waals surface area (Å²) in [7, 11) is 2.11. The maximum Gasteiger partial charge on any atom is 0.0480 e. The molecule has 2 N–H and O–H groups in total. The minimum atomic E-state index is 0.722. The molecule has 0 aromatic carbocycles. The fourth-order valence-electron chi connectivity index (χ4n) is 1.49. The van der Waals surface area contributed by atoms with E-state index in [4.69, 9.17) is 5.73 Å². The highest BCUT2D eigenvalue weighted by molar-refractivity contribution is 8.03. The number of allylic oxidation sites excluding steroid dienone is 3. The van der Waals surface area contributed by atoms with Crippen molar-refractivity contribution in [1.29, 1.82) is 0 Å². The van der Waals surface area contributed by atoms with E-state index in [1.807, 2.05) is 11.8 Å². The highest BCUT2D eigenvalue weighted by Crippen LogP contribution is 2.23. The second kappa shape index (κ2) is 6.75. The van der Waals surface area contributed by atoms with Crippen molar-refractivity contribution in [3.8, 4) is 0 Å². The first-order chi connectivity index (χ1) is 7.26. The van der Waals surface area contributed by atoms with E-state index in [1.165, 1.54) is 10.5 Å². The van der Waals surface area contributed by atoms with Crippen LogP contribution in [-0.2, 0) is 0 Å². The van der Waals surface area contributed by atoms with Crippen LogP contribution in [0.4, 0.5) is 0 Å². The van der Waals surface area contributed by atoms with E-state index in [0.717, 1.165) is 25.3 Å². The molecule has 0 bridgehead atoms. The van der Waals surface area contributed by atoms with Gasteiger partial charge in [-0.25, -0.2) is 0 Å². The molecule has 15 heavy (non-hydrogen) atoms. The highest BCUT2D eigenvalue weighted by atomic mass is 32.2. The Hall–Kier alpha value is -0.670. The summed E-state index contributed by atoms with van der Waals surface area (Å²) in [5.74, 6) is 1.14. The first-order valence-corrected chi connectivity index (χ1v) is 6.37. The van der Waals surface area contributed by atoms with Gasteiger partial charge in [-0.3, -0.25) is 0 Å². The Balaban J connectivity index is 2.61. The smallest absolute Gasteiger partial charge is 0.0480 e. The van der Waals surface area contributed by atoms with Crippen molar-refractivity contribution in [3.63, 3.8) is 0 Å². The van der Waals surface area contributed by atoms with Gasteiger partial charge in [-0.1, -0.05) is 19.1 Å². The van der Waals surface area contributed by atoms with Crippen molar-refractivity contribution in [2.45, 2.75) is 13.3 Å². The van der Waals surface area contributed by atoms with Gasteiger partial charge in [0.15, 0.2) is 0 Å². The average molecular weight is 224 g/mol. The van der Waals surface area contributed by atoms with Crippen LogP contribution in [0.5, 0.6) is 0 Å². The van der Waals surface area contributed by atoms with Gasteiger partial charge < -0.3 is 10.6 Å². The lowest BCUT2D eigenvalue weighted by molar-refractivity contribution is 0.498. The van der Waals surface area contributed by atoms with Crippen LogP contribution < -0.4 is 5.73 Å². The van der Waals surface area contributed by atoms with Crippen LogP contribution in [-0.4, -0.2) is 30.8 Å². The molecule has 0 amide bonds. The van der Waals surface area contributed by atoms with E-state index < -0.39 is 0 Å². The molecule has 1 aliphatic rings. The fraction of sp³-hybridized carbons (Fsp3) is 0.500. The van der Waals surface area contributed by atoms with Gasteiger partial charge in [-0.15, -0.1) is 11.8 Å². The molecular formula is C12H20N2S. The number of rotatable bonds is 5. The molecule has 84 valence electrons. The molecule has 1 rings (SSSR count). The Labute approximate surface area is 96.9 Å². The molecule has 1 heterocycles. The molecular weight excluding hydrogens is 204 g/mol. The molecule has 0 aromatic heterocycles. The summed E-state index contributed by atoms with van der Waals surface area (Å²) < 4.78 is 0. The van der Waals surface area contributed by atoms with Gasteiger partial charge in [-0.2, -0.15) is 0 Å². The monoisotopic (exact) mass is 224 g/mol. The zero-order valence-electron chi connectivity index (χ0n) is 9.57. The van der Waals surface area contributed by atoms with Crippen molar-refractivity contribution in [3.05, 3.63) is 34.9 Å². The summed E-state index contributed by atoms with van der Waals surface area (Å²) in [6, 6.07) is 0. The number of hydrogen-bond donors (Lipinski definition) is 1. The Morgan fingerprint density at radius 1 is 1.60 bits per heavy atom. The van der Waals surface area contributed by atoms with Crippen molar-refractivity contribution < 1.29 is 0 Å². The SMILES string of the molecule is CCSC1=CC(/C=C/CCN)=CN(C)C1. The van der Waals surface area contributed by atoms with Crippen molar-refractivity contribution in [1.82, 2.24) is 4.90 Å². The van der Waals surface area contributed by atoms with Crippen molar-refractivity contribution >= 4 is 11.8 Å². The predicted octanol–water partition coefficient (Wildman–Crippen LogP) is 2.36. The van der Waals surface area contributed by atoms with Crippen molar-refractivity contribution in [2.75, 3.05) is 25.9 Å². The molecule has 3 heteroatoms. The van der Waals surface area contributed by atoms with Gasteiger partial charge in [-0.05, 0) is 30.4 Å². The van der Waals surface area contributed by atoms with Crippen LogP contribution in [0.1, 0.15) is 13.3 Å². The number of hydrogen-bond acceptors (Lipinski definition) is 3. The van der Waals surface area contributed by atoms with E-state index in [1.54, 1.807) is 0 Å². The fourth-order valence-corrected chi connectivity index (χ4v) is 2.38. The third-order valence-electron chi connectivity index (χ3n) is 2.08. The van der Waals surface area contributed by atoms with E-state index in [9.17, 15) is 0 Å². The molecule has 2 nitrogen and oxygen atoms in total. The zero-order chi connectivity index (χ0) is 11.1. The molecule has 0 aromatic rings. The summed E-state index contributed by atoms with van der Waals surface area (Å²) >= 11 is 1.92. The number of thioether (sulfide) groups is 1. The summed E-state index contributed by atoms with van der Waals surface area (Å²) in [5, 5.41) is 0. The summed E-state index contributed by atoms with van der Waals surface area (Å²) in [4.78, 5) is 3.66. The number of likely N-dealkylation sites (N-methyl/N-ethyl adjacent to an activating group) is 1. The zero-order valence-corrected chi connectivity index (χ0v) is 10.4. The van der Waals surface area contributed by atoms with Crippen LogP contribution >= 0.6 is 11.8 Å². The Morgan fingerprint density at radius 3 is 3.07 bits per heavy atom. The molecule has 0 fully saturated rings. The summed E-state index contributed by atoms with van der Waals surface area (Å²) in [6.45, 7) is 3.94. The Kier molecular flexibility index (Phi) is 5.58. The topological polar surface area (TPSA) is 29.3 Å². The molecule has 0 saturated carbocycles. The largest absolute Gasteiger partial charge is 0.375 e. The van der Waals surface area contributed by atoms with Gasteiger partial charge in [0.1, 0.15) is 0 Å². The quantitative estimate of drug-likeness (QED) is 0.777. The van der Waals surface area contributed by atoms with E-state index in [0.29, 0.717) is 0 Å². The van der Waals surface area contributed by atoms with Crippen LogP contribution in [0.15, 0.2) is 34.9 Å². The van der Waals surface area contributed by atoms with Crippen LogP contribution in [0, 0.1) is 0 Å². The third-order valence-corrected chi connectivity index (χ3v) is 2.98. The minimum absolute atomic E-state index is 0.722. The van der Waals surface area contributed by atoms with Gasteiger partial charge in [0.25, 0.3) is 0 Å². The molecule has 0 unspecified atom stereocenters. The molecule has 0 spiro atoms. The first-order valence-electron chi connectivity index (χ1n) is 5.38. The normalized spacial score (nSPS) is 16.9. The molecule has 1 aliphatic heterocycles.